The van der Waals surface area contributed by atoms with E-state index in [9.17, 15) is 9.50 Å². The lowest BCUT2D eigenvalue weighted by atomic mass is 9.93. The Morgan fingerprint density at radius 2 is 1.67 bits per heavy atom. The first-order chi connectivity index (χ1) is 8.75. The molecule has 2 unspecified atom stereocenters. The second-order valence-electron chi connectivity index (χ2n) is 4.87. The van der Waals surface area contributed by atoms with Crippen LogP contribution in [0.4, 0.5) is 4.39 Å². The fourth-order valence-electron chi connectivity index (χ4n) is 2.83. The Morgan fingerprint density at radius 1 is 1.00 bits per heavy atom. The number of fused-ring (bicyclic) bond motifs is 1. The monoisotopic (exact) mass is 242 g/mol. The molecular weight excluding hydrogens is 227 g/mol. The molecule has 2 atom stereocenters. The third kappa shape index (κ3) is 1.93. The number of aliphatic hydroxyl groups excluding tert-OH is 1. The minimum absolute atomic E-state index is 0.156. The molecule has 0 amide bonds. The lowest BCUT2D eigenvalue weighted by Crippen LogP contribution is -2.01. The van der Waals surface area contributed by atoms with E-state index >= 15 is 0 Å². The van der Waals surface area contributed by atoms with Crippen LogP contribution in [0, 0.1) is 5.82 Å². The molecule has 0 saturated carbocycles. The number of rotatable bonds is 2. The van der Waals surface area contributed by atoms with E-state index in [4.69, 9.17) is 0 Å². The summed E-state index contributed by atoms with van der Waals surface area (Å²) in [5.74, 6) is 0.0597. The predicted octanol–water partition coefficient (Wildman–Crippen LogP) is 3.59. The average molecular weight is 242 g/mol. The molecule has 92 valence electrons. The van der Waals surface area contributed by atoms with Gasteiger partial charge in [-0.15, -0.1) is 0 Å². The SMILES string of the molecule is OC1CC(Cc2ccccc2F)c2ccccc21. The maximum atomic E-state index is 13.7. The first-order valence-corrected chi connectivity index (χ1v) is 6.26. The fraction of sp³-hybridized carbons (Fsp3) is 0.250. The predicted molar refractivity (Wildman–Crippen MR) is 68.9 cm³/mol. The highest BCUT2D eigenvalue weighted by molar-refractivity contribution is 5.38. The molecule has 0 radical (unpaired) electrons. The molecule has 2 aromatic carbocycles. The summed E-state index contributed by atoms with van der Waals surface area (Å²) in [5, 5.41) is 10.0. The van der Waals surface area contributed by atoms with Crippen molar-refractivity contribution in [1.82, 2.24) is 0 Å². The smallest absolute Gasteiger partial charge is 0.126 e. The van der Waals surface area contributed by atoms with Gasteiger partial charge in [-0.2, -0.15) is 0 Å². The first kappa shape index (κ1) is 11.4. The Labute approximate surface area is 106 Å². The van der Waals surface area contributed by atoms with Crippen LogP contribution in [0.25, 0.3) is 0 Å². The molecule has 2 heteroatoms. The molecule has 0 aliphatic heterocycles. The van der Waals surface area contributed by atoms with Gasteiger partial charge in [0.05, 0.1) is 6.10 Å². The summed E-state index contributed by atoms with van der Waals surface area (Å²) in [6, 6.07) is 14.8. The molecule has 1 nitrogen and oxygen atoms in total. The molecule has 0 fully saturated rings. The largest absolute Gasteiger partial charge is 0.388 e. The summed E-state index contributed by atoms with van der Waals surface area (Å²) in [5.41, 5.74) is 2.89. The zero-order valence-electron chi connectivity index (χ0n) is 10.0. The molecule has 0 aromatic heterocycles. The summed E-state index contributed by atoms with van der Waals surface area (Å²) in [7, 11) is 0. The zero-order valence-corrected chi connectivity index (χ0v) is 10.0. The van der Waals surface area contributed by atoms with Crippen LogP contribution >= 0.6 is 0 Å². The highest BCUT2D eigenvalue weighted by atomic mass is 19.1. The van der Waals surface area contributed by atoms with E-state index in [-0.39, 0.29) is 11.7 Å². The van der Waals surface area contributed by atoms with E-state index in [1.807, 2.05) is 36.4 Å². The minimum Gasteiger partial charge on any atom is -0.388 e. The van der Waals surface area contributed by atoms with Crippen LogP contribution in [0.3, 0.4) is 0 Å². The van der Waals surface area contributed by atoms with Crippen molar-refractivity contribution in [2.24, 2.45) is 0 Å². The Hall–Kier alpha value is -1.67. The minimum atomic E-state index is -0.405. The van der Waals surface area contributed by atoms with Crippen LogP contribution in [0.5, 0.6) is 0 Å². The Morgan fingerprint density at radius 3 is 2.44 bits per heavy atom. The van der Waals surface area contributed by atoms with Gasteiger partial charge in [-0.05, 0) is 41.5 Å². The van der Waals surface area contributed by atoms with Crippen LogP contribution in [0.1, 0.15) is 35.1 Å². The van der Waals surface area contributed by atoms with Crippen molar-refractivity contribution in [2.75, 3.05) is 0 Å². The van der Waals surface area contributed by atoms with Gasteiger partial charge < -0.3 is 5.11 Å². The normalized spacial score (nSPS) is 21.9. The molecule has 0 saturated heterocycles. The van der Waals surface area contributed by atoms with Crippen molar-refractivity contribution in [2.45, 2.75) is 24.9 Å². The van der Waals surface area contributed by atoms with Crippen molar-refractivity contribution < 1.29 is 9.50 Å². The van der Waals surface area contributed by atoms with E-state index in [0.29, 0.717) is 12.8 Å². The highest BCUT2D eigenvalue weighted by Gasteiger charge is 2.29. The Balaban J connectivity index is 1.90. The van der Waals surface area contributed by atoms with E-state index < -0.39 is 6.10 Å². The number of hydrogen-bond donors (Lipinski definition) is 1. The average Bonchev–Trinajstić information content (AvgIpc) is 2.70. The number of benzene rings is 2. The van der Waals surface area contributed by atoms with Crippen LogP contribution in [0.2, 0.25) is 0 Å². The topological polar surface area (TPSA) is 20.2 Å². The van der Waals surface area contributed by atoms with Crippen molar-refractivity contribution in [3.05, 3.63) is 71.0 Å². The Kier molecular flexibility index (Phi) is 2.88. The molecule has 18 heavy (non-hydrogen) atoms. The van der Waals surface area contributed by atoms with Gasteiger partial charge in [0.25, 0.3) is 0 Å². The second kappa shape index (κ2) is 4.54. The summed E-state index contributed by atoms with van der Waals surface area (Å²) >= 11 is 0. The van der Waals surface area contributed by atoms with Crippen LogP contribution < -0.4 is 0 Å². The van der Waals surface area contributed by atoms with E-state index in [1.165, 1.54) is 6.07 Å². The zero-order chi connectivity index (χ0) is 12.5. The van der Waals surface area contributed by atoms with Crippen LogP contribution in [0.15, 0.2) is 48.5 Å². The molecular formula is C16H15FO. The van der Waals surface area contributed by atoms with Gasteiger partial charge in [0.15, 0.2) is 0 Å². The molecule has 0 heterocycles. The Bertz CT molecular complexity index is 565. The lowest BCUT2D eigenvalue weighted by molar-refractivity contribution is 0.173. The second-order valence-corrected chi connectivity index (χ2v) is 4.87. The van der Waals surface area contributed by atoms with Gasteiger partial charge in [0.1, 0.15) is 5.82 Å². The molecule has 0 bridgehead atoms. The number of halogens is 1. The third-order valence-corrected chi connectivity index (χ3v) is 3.73. The van der Waals surface area contributed by atoms with Crippen molar-refractivity contribution >= 4 is 0 Å². The summed E-state index contributed by atoms with van der Waals surface area (Å²) in [6.07, 6.45) is 0.937. The molecule has 0 spiro atoms. The lowest BCUT2D eigenvalue weighted by Gasteiger charge is -2.11. The summed E-state index contributed by atoms with van der Waals surface area (Å²) in [4.78, 5) is 0. The molecule has 1 N–H and O–H groups in total. The van der Waals surface area contributed by atoms with Crippen LogP contribution in [-0.2, 0) is 6.42 Å². The van der Waals surface area contributed by atoms with Crippen molar-refractivity contribution in [3.63, 3.8) is 0 Å². The summed E-state index contributed by atoms with van der Waals surface area (Å²) < 4.78 is 13.7. The standard InChI is InChI=1S/C16H15FO/c17-15-8-4-1-5-11(15)9-12-10-16(18)14-7-3-2-6-13(12)14/h1-8,12,16,18H,9-10H2. The van der Waals surface area contributed by atoms with E-state index in [1.54, 1.807) is 6.07 Å². The van der Waals surface area contributed by atoms with Crippen molar-refractivity contribution in [3.8, 4) is 0 Å². The van der Waals surface area contributed by atoms with Crippen molar-refractivity contribution in [1.29, 1.82) is 0 Å². The highest BCUT2D eigenvalue weighted by Crippen LogP contribution is 2.41. The van der Waals surface area contributed by atoms with Gasteiger partial charge >= 0.3 is 0 Å². The van der Waals surface area contributed by atoms with Gasteiger partial charge in [0.2, 0.25) is 0 Å². The van der Waals surface area contributed by atoms with Gasteiger partial charge in [-0.3, -0.25) is 0 Å². The van der Waals surface area contributed by atoms with Gasteiger partial charge in [-0.1, -0.05) is 42.5 Å². The quantitative estimate of drug-likeness (QED) is 0.853. The van der Waals surface area contributed by atoms with E-state index in [0.717, 1.165) is 16.7 Å². The summed E-state index contributed by atoms with van der Waals surface area (Å²) in [6.45, 7) is 0. The molecule has 2 aromatic rings. The fourth-order valence-corrected chi connectivity index (χ4v) is 2.83. The molecule has 1 aliphatic carbocycles. The van der Waals surface area contributed by atoms with Gasteiger partial charge in [-0.25, -0.2) is 4.39 Å². The number of hydrogen-bond acceptors (Lipinski definition) is 1. The molecule has 1 aliphatic rings. The van der Waals surface area contributed by atoms with E-state index in [2.05, 4.69) is 0 Å². The first-order valence-electron chi connectivity index (χ1n) is 6.26. The third-order valence-electron chi connectivity index (χ3n) is 3.73. The van der Waals surface area contributed by atoms with Crippen LogP contribution in [-0.4, -0.2) is 5.11 Å². The maximum absolute atomic E-state index is 13.7. The molecule has 3 rings (SSSR count). The van der Waals surface area contributed by atoms with Gasteiger partial charge in [0, 0.05) is 0 Å². The maximum Gasteiger partial charge on any atom is 0.126 e. The number of aliphatic hydroxyl groups is 1.